The summed E-state index contributed by atoms with van der Waals surface area (Å²) in [5.74, 6) is 0.992. The van der Waals surface area contributed by atoms with E-state index in [1.807, 2.05) is 7.11 Å². The number of fused-ring (bicyclic) bond motifs is 8. The molecule has 48 heavy (non-hydrogen) atoms. The largest absolute Gasteiger partial charge is 0.497 e. The van der Waals surface area contributed by atoms with Crippen LogP contribution < -0.4 is 25.6 Å². The van der Waals surface area contributed by atoms with Crippen LogP contribution in [0, 0.1) is 0 Å². The van der Waals surface area contributed by atoms with E-state index in [1.165, 1.54) is 75.4 Å². The Morgan fingerprint density at radius 3 is 1.60 bits per heavy atom. The van der Waals surface area contributed by atoms with Crippen LogP contribution >= 0.6 is 7.92 Å². The van der Waals surface area contributed by atoms with Gasteiger partial charge in [0.05, 0.1) is 7.11 Å². The highest BCUT2D eigenvalue weighted by molar-refractivity contribution is 7.65. The zero-order valence-electron chi connectivity index (χ0n) is 26.9. The molecule has 0 radical (unpaired) electrons. The average molecular weight is 651 g/mol. The van der Waals surface area contributed by atoms with Gasteiger partial charge in [-0.2, -0.15) is 0 Å². The topological polar surface area (TPSA) is 9.23 Å². The molecule has 0 fully saturated rings. The van der Waals surface area contributed by atoms with E-state index in [-0.39, 0.29) is 0 Å². The molecule has 3 heteroatoms. The molecule has 1 nitrogen and oxygen atoms in total. The third-order valence-electron chi connectivity index (χ3n) is 10.2. The molecule has 8 aromatic rings. The summed E-state index contributed by atoms with van der Waals surface area (Å²) >= 11 is 0. The smallest absolute Gasteiger partial charge is 0.139 e. The molecule has 0 amide bonds. The normalized spacial score (nSPS) is 13.6. The summed E-state index contributed by atoms with van der Waals surface area (Å²) in [5, 5.41) is 13.7. The maximum absolute atomic E-state index is 6.20. The first-order valence-corrected chi connectivity index (χ1v) is 20.2. The lowest BCUT2D eigenvalue weighted by atomic mass is 9.88. The van der Waals surface area contributed by atoms with E-state index in [2.05, 4.69) is 164 Å². The Bertz CT molecular complexity index is 2380. The van der Waals surface area contributed by atoms with Gasteiger partial charge >= 0.3 is 0 Å². The summed E-state index contributed by atoms with van der Waals surface area (Å²) in [6, 6.07) is 61.3. The van der Waals surface area contributed by atoms with E-state index in [0.717, 1.165) is 18.1 Å². The summed E-state index contributed by atoms with van der Waals surface area (Å²) in [6.45, 7) is 0. The van der Waals surface area contributed by atoms with Crippen molar-refractivity contribution in [2.45, 2.75) is 12.3 Å². The van der Waals surface area contributed by atoms with Crippen LogP contribution in [-0.2, 0) is 12.3 Å². The number of hydrogen-bond donors (Lipinski definition) is 0. The average Bonchev–Trinajstić information content (AvgIpc) is 3.33. The molecular weight excluding hydrogens is 616 g/mol. The van der Waals surface area contributed by atoms with E-state index in [4.69, 9.17) is 4.74 Å². The van der Waals surface area contributed by atoms with Gasteiger partial charge in [-0.25, -0.2) is 0 Å². The lowest BCUT2D eigenvalue weighted by Gasteiger charge is -2.27. The highest BCUT2D eigenvalue weighted by Gasteiger charge is 2.31. The third kappa shape index (κ3) is 4.87. The Morgan fingerprint density at radius 1 is 0.479 bits per heavy atom. The second-order valence-electron chi connectivity index (χ2n) is 12.8. The molecule has 0 aliphatic carbocycles. The first-order chi connectivity index (χ1) is 23.8. The van der Waals surface area contributed by atoms with Gasteiger partial charge in [-0.05, 0) is 88.6 Å². The van der Waals surface area contributed by atoms with Gasteiger partial charge in [0.15, 0.2) is 0 Å². The Kier molecular flexibility index (Phi) is 7.42. The Balaban J connectivity index is 1.30. The van der Waals surface area contributed by atoms with E-state index >= 15 is 0 Å². The molecule has 1 atom stereocenters. The van der Waals surface area contributed by atoms with Crippen molar-refractivity contribution in [1.29, 1.82) is 0 Å². The molecule has 1 aliphatic rings. The minimum atomic E-state index is -2.00. The van der Waals surface area contributed by atoms with Gasteiger partial charge in [0.1, 0.15) is 14.5 Å². The summed E-state index contributed by atoms with van der Waals surface area (Å²) in [4.78, 5) is 0. The van der Waals surface area contributed by atoms with Crippen molar-refractivity contribution in [1.82, 2.24) is 0 Å². The molecule has 0 saturated heterocycles. The Morgan fingerprint density at radius 2 is 0.979 bits per heavy atom. The summed E-state index contributed by atoms with van der Waals surface area (Å²) in [6.07, 6.45) is 2.11. The van der Waals surface area contributed by atoms with Gasteiger partial charge < -0.3 is 4.74 Å². The van der Waals surface area contributed by atoms with E-state index in [1.54, 1.807) is 0 Å². The highest BCUT2D eigenvalue weighted by atomic mass is 31.1. The molecule has 0 saturated carbocycles. The third-order valence-corrected chi connectivity index (χ3v) is 16.3. The number of rotatable bonds is 5. The fourth-order valence-corrected chi connectivity index (χ4v) is 14.9. The van der Waals surface area contributed by atoms with Crippen LogP contribution in [0.25, 0.3) is 43.4 Å². The van der Waals surface area contributed by atoms with Crippen LogP contribution in [0.3, 0.4) is 0 Å². The van der Waals surface area contributed by atoms with Crippen LogP contribution in [0.2, 0.25) is 0 Å². The van der Waals surface area contributed by atoms with Crippen LogP contribution in [0.4, 0.5) is 0 Å². The highest BCUT2D eigenvalue weighted by Crippen LogP contribution is 2.52. The maximum Gasteiger partial charge on any atom is 0.139 e. The lowest BCUT2D eigenvalue weighted by Crippen LogP contribution is -2.56. The number of ether oxygens (including phenoxy) is 1. The lowest BCUT2D eigenvalue weighted by molar-refractivity contribution is 0.418. The fraction of sp³-hybridized carbons (Fsp3) is 0.0667. The first kappa shape index (κ1) is 29.2. The van der Waals surface area contributed by atoms with Gasteiger partial charge in [-0.15, -0.1) is 0 Å². The summed E-state index contributed by atoms with van der Waals surface area (Å²) < 4.78 is 6.20. The van der Waals surface area contributed by atoms with Crippen molar-refractivity contribution in [3.63, 3.8) is 0 Å². The van der Waals surface area contributed by atoms with Crippen molar-refractivity contribution >= 4 is 69.9 Å². The molecule has 230 valence electrons. The molecule has 1 heterocycles. The Hall–Kier alpha value is -5.01. The van der Waals surface area contributed by atoms with Gasteiger partial charge in [0, 0.05) is 0 Å². The van der Waals surface area contributed by atoms with Crippen molar-refractivity contribution in [3.05, 3.63) is 175 Å². The summed E-state index contributed by atoms with van der Waals surface area (Å²) in [5.41, 5.74) is 5.78. The SMILES string of the molecule is COc1ccc2ccccc2c1[Si@@H](c1ccccc1)c1ccccc1P1Cc2ccc3ccccc3c2-c2c(ccc3ccccc23)C1. The molecule has 0 N–H and O–H groups in total. The van der Waals surface area contributed by atoms with Gasteiger partial charge in [-0.3, -0.25) is 0 Å². The quantitative estimate of drug-likeness (QED) is 0.103. The second kappa shape index (κ2) is 12.2. The van der Waals surface area contributed by atoms with Crippen molar-refractivity contribution in [2.24, 2.45) is 0 Å². The molecule has 0 spiro atoms. The first-order valence-electron chi connectivity index (χ1n) is 16.7. The van der Waals surface area contributed by atoms with Crippen molar-refractivity contribution in [2.75, 3.05) is 7.11 Å². The van der Waals surface area contributed by atoms with Crippen LogP contribution in [0.15, 0.2) is 164 Å². The fourth-order valence-electron chi connectivity index (χ4n) is 8.04. The molecular formula is C45H35OPSi. The van der Waals surface area contributed by atoms with Gasteiger partial charge in [-0.1, -0.05) is 171 Å². The summed E-state index contributed by atoms with van der Waals surface area (Å²) in [7, 11) is -0.750. The van der Waals surface area contributed by atoms with Gasteiger partial charge in [0.2, 0.25) is 0 Å². The monoisotopic (exact) mass is 650 g/mol. The Labute approximate surface area is 284 Å². The van der Waals surface area contributed by atoms with Crippen LogP contribution in [0.5, 0.6) is 5.75 Å². The predicted molar refractivity (Wildman–Crippen MR) is 210 cm³/mol. The maximum atomic E-state index is 6.20. The van der Waals surface area contributed by atoms with E-state index in [9.17, 15) is 0 Å². The number of methoxy groups -OCH3 is 1. The van der Waals surface area contributed by atoms with Crippen molar-refractivity contribution < 1.29 is 4.74 Å². The number of hydrogen-bond acceptors (Lipinski definition) is 1. The molecule has 1 aliphatic heterocycles. The van der Waals surface area contributed by atoms with E-state index < -0.39 is 16.7 Å². The molecule has 9 rings (SSSR count). The van der Waals surface area contributed by atoms with Crippen LogP contribution in [0.1, 0.15) is 11.1 Å². The molecule has 0 unspecified atom stereocenters. The number of benzene rings is 8. The molecule has 8 aromatic carbocycles. The zero-order valence-corrected chi connectivity index (χ0v) is 29.0. The van der Waals surface area contributed by atoms with Crippen LogP contribution in [-0.4, -0.2) is 15.9 Å². The van der Waals surface area contributed by atoms with Gasteiger partial charge in [0.25, 0.3) is 0 Å². The zero-order chi connectivity index (χ0) is 32.0. The molecule has 0 aromatic heterocycles. The standard InChI is InChI=1S/C45H35OPSi/c1-46-40-28-27-33-15-7-10-20-39(33)45(40)48(36-16-3-2-4-17-36)42-22-12-11-21-41(42)47-29-34-25-23-31-13-5-8-18-37(31)43(34)44-35(30-47)26-24-32-14-6-9-19-38(32)44/h2-28,48H,29-30H2,1H3/t48-/m0/s1. The molecule has 0 bridgehead atoms. The second-order valence-corrected chi connectivity index (χ2v) is 17.7. The minimum absolute atomic E-state index is 0.575. The van der Waals surface area contributed by atoms with Crippen molar-refractivity contribution in [3.8, 4) is 16.9 Å². The van der Waals surface area contributed by atoms with E-state index in [0.29, 0.717) is 0 Å². The minimum Gasteiger partial charge on any atom is -0.497 e. The predicted octanol–water partition coefficient (Wildman–Crippen LogP) is 8.89.